The normalized spacial score (nSPS) is 15.5. The molecule has 7 heteroatoms. The van der Waals surface area contributed by atoms with Gasteiger partial charge in [-0.3, -0.25) is 0 Å². The van der Waals surface area contributed by atoms with Crippen LogP contribution in [0.25, 0.3) is 10.2 Å². The molecule has 0 unspecified atom stereocenters. The number of nitrogens with zero attached hydrogens (tertiary/aromatic N) is 3. The molecule has 1 fully saturated rings. The Morgan fingerprint density at radius 3 is 2.74 bits per heavy atom. The summed E-state index contributed by atoms with van der Waals surface area (Å²) in [6.45, 7) is 8.87. The zero-order chi connectivity index (χ0) is 19.0. The van der Waals surface area contributed by atoms with Crippen LogP contribution >= 0.6 is 11.3 Å². The fraction of sp³-hybridized carbons (Fsp3) is 0.400. The summed E-state index contributed by atoms with van der Waals surface area (Å²) in [6, 6.07) is 4.74. The van der Waals surface area contributed by atoms with Crippen LogP contribution in [-0.2, 0) is 6.54 Å². The molecule has 1 aliphatic heterocycles. The number of nitrogens with one attached hydrogen (secondary N) is 1. The van der Waals surface area contributed by atoms with Gasteiger partial charge in [-0.2, -0.15) is 0 Å². The minimum absolute atomic E-state index is 0.212. The second kappa shape index (κ2) is 7.40. The first-order valence-electron chi connectivity index (χ1n) is 9.18. The Morgan fingerprint density at radius 1 is 1.22 bits per heavy atom. The van der Waals surface area contributed by atoms with Crippen LogP contribution in [-0.4, -0.2) is 43.3 Å². The highest BCUT2D eigenvalue weighted by Crippen LogP contribution is 2.34. The SMILES string of the molecule is COc1ccc(F)cc1C[NH+]1CCN(c2ncnc3sc(C)c(C)c23)CC1. The number of hydrogen-bond donors (Lipinski definition) is 1. The Bertz CT molecular complexity index is 966. The number of anilines is 1. The maximum Gasteiger partial charge on any atom is 0.141 e. The molecule has 0 radical (unpaired) electrons. The molecule has 27 heavy (non-hydrogen) atoms. The summed E-state index contributed by atoms with van der Waals surface area (Å²) in [5.74, 6) is 1.59. The second-order valence-corrected chi connectivity index (χ2v) is 8.23. The molecule has 4 rings (SSSR count). The third-order valence-electron chi connectivity index (χ3n) is 5.40. The van der Waals surface area contributed by atoms with E-state index in [1.54, 1.807) is 36.9 Å². The lowest BCUT2D eigenvalue weighted by molar-refractivity contribution is -0.914. The van der Waals surface area contributed by atoms with Crippen LogP contribution in [0.1, 0.15) is 16.0 Å². The zero-order valence-electron chi connectivity index (χ0n) is 15.9. The number of ether oxygens (including phenoxy) is 1. The molecule has 3 aromatic rings. The van der Waals surface area contributed by atoms with Gasteiger partial charge in [0.1, 0.15) is 35.1 Å². The first-order valence-corrected chi connectivity index (χ1v) is 10.00. The summed E-state index contributed by atoms with van der Waals surface area (Å²) in [7, 11) is 1.63. The standard InChI is InChI=1S/C20H23FN4OS/c1-13-14(2)27-20-18(13)19(22-12-23-20)25-8-6-24(7-9-25)11-15-10-16(21)4-5-17(15)26-3/h4-5,10,12H,6-9,11H2,1-3H3/p+1. The molecule has 5 nitrogen and oxygen atoms in total. The summed E-state index contributed by atoms with van der Waals surface area (Å²) >= 11 is 1.73. The maximum atomic E-state index is 13.6. The summed E-state index contributed by atoms with van der Waals surface area (Å²) in [5.41, 5.74) is 2.21. The number of piperazine rings is 1. The van der Waals surface area contributed by atoms with Crippen molar-refractivity contribution < 1.29 is 14.0 Å². The molecular weight excluding hydrogens is 363 g/mol. The monoisotopic (exact) mass is 387 g/mol. The highest BCUT2D eigenvalue weighted by Gasteiger charge is 2.25. The van der Waals surface area contributed by atoms with Gasteiger partial charge in [0.05, 0.1) is 44.2 Å². The van der Waals surface area contributed by atoms with Crippen LogP contribution in [0.4, 0.5) is 10.2 Å². The summed E-state index contributed by atoms with van der Waals surface area (Å²) in [5, 5.41) is 1.19. The van der Waals surface area contributed by atoms with Crippen molar-refractivity contribution in [3.63, 3.8) is 0 Å². The number of methoxy groups -OCH3 is 1. The molecule has 1 aromatic carbocycles. The largest absolute Gasteiger partial charge is 0.496 e. The van der Waals surface area contributed by atoms with Crippen molar-refractivity contribution in [1.82, 2.24) is 9.97 Å². The number of fused-ring (bicyclic) bond motifs is 1. The lowest BCUT2D eigenvalue weighted by atomic mass is 10.1. The van der Waals surface area contributed by atoms with Gasteiger partial charge < -0.3 is 14.5 Å². The Labute approximate surface area is 162 Å². The molecule has 0 amide bonds. The maximum absolute atomic E-state index is 13.6. The van der Waals surface area contributed by atoms with Crippen LogP contribution in [0.5, 0.6) is 5.75 Å². The third kappa shape index (κ3) is 3.49. The van der Waals surface area contributed by atoms with E-state index in [1.807, 2.05) is 0 Å². The smallest absolute Gasteiger partial charge is 0.141 e. The van der Waals surface area contributed by atoms with Gasteiger partial charge in [-0.05, 0) is 37.6 Å². The van der Waals surface area contributed by atoms with E-state index in [1.165, 1.54) is 26.8 Å². The van der Waals surface area contributed by atoms with Gasteiger partial charge in [-0.15, -0.1) is 11.3 Å². The van der Waals surface area contributed by atoms with E-state index in [9.17, 15) is 4.39 Å². The number of aryl methyl sites for hydroxylation is 2. The molecular formula is C20H24FN4OS+. The molecule has 1 aliphatic rings. The van der Waals surface area contributed by atoms with E-state index in [2.05, 4.69) is 28.7 Å². The lowest BCUT2D eigenvalue weighted by Crippen LogP contribution is -3.13. The van der Waals surface area contributed by atoms with E-state index in [4.69, 9.17) is 4.74 Å². The quantitative estimate of drug-likeness (QED) is 0.746. The van der Waals surface area contributed by atoms with Gasteiger partial charge in [0.25, 0.3) is 0 Å². The first kappa shape index (κ1) is 18.1. The van der Waals surface area contributed by atoms with E-state index < -0.39 is 0 Å². The number of thiophene rings is 1. The zero-order valence-corrected chi connectivity index (χ0v) is 16.7. The Hall–Kier alpha value is -2.25. The number of benzene rings is 1. The number of rotatable bonds is 4. The van der Waals surface area contributed by atoms with E-state index in [0.29, 0.717) is 0 Å². The van der Waals surface area contributed by atoms with Crippen LogP contribution < -0.4 is 14.5 Å². The average molecular weight is 388 g/mol. The number of hydrogen-bond acceptors (Lipinski definition) is 5. The van der Waals surface area contributed by atoms with E-state index in [-0.39, 0.29) is 5.82 Å². The van der Waals surface area contributed by atoms with Gasteiger partial charge >= 0.3 is 0 Å². The molecule has 2 aromatic heterocycles. The Morgan fingerprint density at radius 2 is 2.00 bits per heavy atom. The van der Waals surface area contributed by atoms with Gasteiger partial charge in [0.15, 0.2) is 0 Å². The van der Waals surface area contributed by atoms with Crippen molar-refractivity contribution in [2.75, 3.05) is 38.2 Å². The average Bonchev–Trinajstić information content (AvgIpc) is 2.97. The van der Waals surface area contributed by atoms with Crippen LogP contribution in [0.2, 0.25) is 0 Å². The van der Waals surface area contributed by atoms with Gasteiger partial charge in [-0.1, -0.05) is 0 Å². The van der Waals surface area contributed by atoms with E-state index >= 15 is 0 Å². The predicted molar refractivity (Wildman–Crippen MR) is 106 cm³/mol. The Balaban J connectivity index is 1.49. The van der Waals surface area contributed by atoms with Crippen molar-refractivity contribution in [3.05, 3.63) is 46.3 Å². The fourth-order valence-electron chi connectivity index (χ4n) is 3.77. The number of aromatic nitrogens is 2. The summed E-state index contributed by atoms with van der Waals surface area (Å²) in [6.07, 6.45) is 1.67. The van der Waals surface area contributed by atoms with Crippen LogP contribution in [0, 0.1) is 19.7 Å². The topological polar surface area (TPSA) is 42.7 Å². The highest BCUT2D eigenvalue weighted by atomic mass is 32.1. The van der Waals surface area contributed by atoms with E-state index in [0.717, 1.165) is 54.7 Å². The minimum Gasteiger partial charge on any atom is -0.496 e. The molecule has 3 heterocycles. The fourth-order valence-corrected chi connectivity index (χ4v) is 4.76. The first-order chi connectivity index (χ1) is 13.1. The van der Waals surface area contributed by atoms with Crippen molar-refractivity contribution in [3.8, 4) is 5.75 Å². The molecule has 142 valence electrons. The van der Waals surface area contributed by atoms with Crippen LogP contribution in [0.15, 0.2) is 24.5 Å². The van der Waals surface area contributed by atoms with Gasteiger partial charge in [0.2, 0.25) is 0 Å². The molecule has 0 atom stereocenters. The number of quaternary nitrogens is 1. The molecule has 0 spiro atoms. The van der Waals surface area contributed by atoms with Gasteiger partial charge in [0, 0.05) is 4.88 Å². The number of halogens is 1. The third-order valence-corrected chi connectivity index (χ3v) is 6.51. The highest BCUT2D eigenvalue weighted by molar-refractivity contribution is 7.18. The summed E-state index contributed by atoms with van der Waals surface area (Å²) < 4.78 is 19.0. The molecule has 0 saturated carbocycles. The predicted octanol–water partition coefficient (Wildman–Crippen LogP) is 2.36. The second-order valence-electron chi connectivity index (χ2n) is 7.03. The molecule has 1 N–H and O–H groups in total. The van der Waals surface area contributed by atoms with Crippen molar-refractivity contribution in [1.29, 1.82) is 0 Å². The van der Waals surface area contributed by atoms with Gasteiger partial charge in [-0.25, -0.2) is 14.4 Å². The van der Waals surface area contributed by atoms with Crippen molar-refractivity contribution in [2.24, 2.45) is 0 Å². The van der Waals surface area contributed by atoms with Crippen molar-refractivity contribution >= 4 is 27.4 Å². The van der Waals surface area contributed by atoms with Crippen molar-refractivity contribution in [2.45, 2.75) is 20.4 Å². The summed E-state index contributed by atoms with van der Waals surface area (Å²) in [4.78, 5) is 15.2. The molecule has 0 bridgehead atoms. The molecule has 1 saturated heterocycles. The minimum atomic E-state index is -0.212. The van der Waals surface area contributed by atoms with Crippen LogP contribution in [0.3, 0.4) is 0 Å². The Kier molecular flexibility index (Phi) is 4.97. The molecule has 0 aliphatic carbocycles. The lowest BCUT2D eigenvalue weighted by Gasteiger charge is -2.33.